The first-order valence-corrected chi connectivity index (χ1v) is 11.1. The molecular formula is C27H21ClN4O2. The lowest BCUT2D eigenvalue weighted by Gasteiger charge is -2.10. The molecular weight excluding hydrogens is 448 g/mol. The van der Waals surface area contributed by atoms with E-state index in [1.165, 1.54) is 4.68 Å². The Morgan fingerprint density at radius 3 is 2.35 bits per heavy atom. The summed E-state index contributed by atoms with van der Waals surface area (Å²) in [7, 11) is 1.79. The molecule has 3 aromatic carbocycles. The van der Waals surface area contributed by atoms with Crippen molar-refractivity contribution in [2.24, 2.45) is 7.05 Å². The molecule has 0 aliphatic rings. The van der Waals surface area contributed by atoms with Gasteiger partial charge in [-0.25, -0.2) is 9.67 Å². The van der Waals surface area contributed by atoms with Crippen molar-refractivity contribution in [2.75, 3.05) is 5.32 Å². The van der Waals surface area contributed by atoms with Crippen LogP contribution < -0.4 is 10.9 Å². The molecule has 168 valence electrons. The third-order valence-corrected chi connectivity index (χ3v) is 6.15. The molecule has 7 heteroatoms. The van der Waals surface area contributed by atoms with Crippen LogP contribution in [0.4, 0.5) is 5.69 Å². The number of nitrogens with one attached hydrogen (secondary N) is 1. The Morgan fingerprint density at radius 1 is 0.941 bits per heavy atom. The van der Waals surface area contributed by atoms with Gasteiger partial charge in [-0.1, -0.05) is 60.1 Å². The molecule has 1 N–H and O–H groups in total. The summed E-state index contributed by atoms with van der Waals surface area (Å²) < 4.78 is 3.27. The van der Waals surface area contributed by atoms with Crippen molar-refractivity contribution < 1.29 is 4.79 Å². The van der Waals surface area contributed by atoms with Gasteiger partial charge in [0.2, 0.25) is 0 Å². The van der Waals surface area contributed by atoms with Crippen molar-refractivity contribution in [3.63, 3.8) is 0 Å². The van der Waals surface area contributed by atoms with Gasteiger partial charge in [0.15, 0.2) is 0 Å². The highest BCUT2D eigenvalue weighted by Gasteiger charge is 2.21. The van der Waals surface area contributed by atoms with E-state index in [9.17, 15) is 9.59 Å². The Hall–Kier alpha value is -4.16. The van der Waals surface area contributed by atoms with Gasteiger partial charge < -0.3 is 5.32 Å². The summed E-state index contributed by atoms with van der Waals surface area (Å²) in [4.78, 5) is 31.5. The van der Waals surface area contributed by atoms with Crippen LogP contribution in [0.15, 0.2) is 89.7 Å². The summed E-state index contributed by atoms with van der Waals surface area (Å²) in [6.45, 7) is 1.81. The molecule has 34 heavy (non-hydrogen) atoms. The van der Waals surface area contributed by atoms with Crippen LogP contribution in [0.2, 0.25) is 5.02 Å². The Morgan fingerprint density at radius 2 is 1.62 bits per heavy atom. The maximum absolute atomic E-state index is 13.5. The maximum Gasteiger partial charge on any atom is 0.295 e. The zero-order valence-corrected chi connectivity index (χ0v) is 19.4. The van der Waals surface area contributed by atoms with Gasteiger partial charge in [0.25, 0.3) is 11.5 Å². The molecule has 0 aliphatic carbocycles. The first-order valence-electron chi connectivity index (χ1n) is 10.7. The zero-order chi connectivity index (χ0) is 23.8. The molecule has 0 radical (unpaired) electrons. The van der Waals surface area contributed by atoms with Crippen molar-refractivity contribution in [1.82, 2.24) is 14.3 Å². The Bertz CT molecular complexity index is 1590. The lowest BCUT2D eigenvalue weighted by molar-refractivity contribution is 0.102. The van der Waals surface area contributed by atoms with E-state index in [0.717, 1.165) is 11.3 Å². The standard InChI is InChI=1S/C27H21ClN4O2/c1-17-25(27(34)32(31(17)2)20-8-4-3-5-9-20)30-26(33)22-16-24(18-12-14-19(28)15-13-18)29-23-11-7-6-10-21(22)23/h3-16H,1-2H3,(H,30,33). The second-order valence-corrected chi connectivity index (χ2v) is 8.41. The van der Waals surface area contributed by atoms with Crippen molar-refractivity contribution in [2.45, 2.75) is 6.92 Å². The second kappa shape index (κ2) is 8.65. The van der Waals surface area contributed by atoms with Crippen LogP contribution in [-0.2, 0) is 7.05 Å². The summed E-state index contributed by atoms with van der Waals surface area (Å²) in [6, 6.07) is 25.8. The number of rotatable bonds is 4. The summed E-state index contributed by atoms with van der Waals surface area (Å²) in [6.07, 6.45) is 0. The minimum atomic E-state index is -0.375. The van der Waals surface area contributed by atoms with Crippen LogP contribution in [0.1, 0.15) is 16.1 Å². The molecule has 1 amide bonds. The van der Waals surface area contributed by atoms with E-state index in [0.29, 0.717) is 32.9 Å². The first-order chi connectivity index (χ1) is 16.4. The van der Waals surface area contributed by atoms with Gasteiger partial charge in [0.05, 0.1) is 28.2 Å². The topological polar surface area (TPSA) is 68.9 Å². The summed E-state index contributed by atoms with van der Waals surface area (Å²) in [5, 5.41) is 4.19. The fourth-order valence-corrected chi connectivity index (χ4v) is 4.15. The Labute approximate surface area is 201 Å². The van der Waals surface area contributed by atoms with Gasteiger partial charge in [-0.15, -0.1) is 0 Å². The number of para-hydroxylation sites is 2. The molecule has 0 saturated heterocycles. The molecule has 0 aliphatic heterocycles. The number of benzene rings is 3. The van der Waals surface area contributed by atoms with Crippen LogP contribution in [-0.4, -0.2) is 20.3 Å². The van der Waals surface area contributed by atoms with E-state index in [1.54, 1.807) is 36.9 Å². The highest BCUT2D eigenvalue weighted by atomic mass is 35.5. The van der Waals surface area contributed by atoms with Crippen molar-refractivity contribution >= 4 is 34.1 Å². The van der Waals surface area contributed by atoms with Crippen LogP contribution in [0.25, 0.3) is 27.8 Å². The van der Waals surface area contributed by atoms with Crippen molar-refractivity contribution in [3.05, 3.63) is 112 Å². The summed E-state index contributed by atoms with van der Waals surface area (Å²) >= 11 is 6.04. The fourth-order valence-electron chi connectivity index (χ4n) is 4.02. The minimum Gasteiger partial charge on any atom is -0.316 e. The number of hydrogen-bond acceptors (Lipinski definition) is 3. The van der Waals surface area contributed by atoms with Gasteiger partial charge in [0, 0.05) is 23.0 Å². The normalized spacial score (nSPS) is 11.0. The number of carbonyl (C=O) groups is 1. The predicted octanol–water partition coefficient (Wildman–Crippen LogP) is 5.61. The highest BCUT2D eigenvalue weighted by Crippen LogP contribution is 2.27. The van der Waals surface area contributed by atoms with E-state index in [1.807, 2.05) is 66.7 Å². The molecule has 0 atom stereocenters. The van der Waals surface area contributed by atoms with Crippen molar-refractivity contribution in [1.29, 1.82) is 0 Å². The molecule has 0 spiro atoms. The minimum absolute atomic E-state index is 0.241. The molecule has 0 saturated carbocycles. The van der Waals surface area contributed by atoms with Gasteiger partial charge in [-0.3, -0.25) is 14.3 Å². The summed E-state index contributed by atoms with van der Waals surface area (Å²) in [5.41, 5.74) is 3.92. The van der Waals surface area contributed by atoms with E-state index in [4.69, 9.17) is 16.6 Å². The SMILES string of the molecule is Cc1c(NC(=O)c2cc(-c3ccc(Cl)cc3)nc3ccccc23)c(=O)n(-c2ccccc2)n1C. The quantitative estimate of drug-likeness (QED) is 0.373. The highest BCUT2D eigenvalue weighted by molar-refractivity contribution is 6.30. The number of amides is 1. The Balaban J connectivity index is 1.60. The molecule has 2 aromatic heterocycles. The number of aromatic nitrogens is 3. The second-order valence-electron chi connectivity index (χ2n) is 7.97. The van der Waals surface area contributed by atoms with Crippen LogP contribution >= 0.6 is 11.6 Å². The van der Waals surface area contributed by atoms with Crippen molar-refractivity contribution in [3.8, 4) is 16.9 Å². The van der Waals surface area contributed by atoms with Crippen LogP contribution in [0.3, 0.4) is 0 Å². The molecule has 6 nitrogen and oxygen atoms in total. The van der Waals surface area contributed by atoms with Gasteiger partial charge in [-0.2, -0.15) is 0 Å². The predicted molar refractivity (Wildman–Crippen MR) is 136 cm³/mol. The van der Waals surface area contributed by atoms with E-state index >= 15 is 0 Å². The van der Waals surface area contributed by atoms with Gasteiger partial charge >= 0.3 is 0 Å². The van der Waals surface area contributed by atoms with Crippen LogP contribution in [0.5, 0.6) is 0 Å². The number of fused-ring (bicyclic) bond motifs is 1. The van der Waals surface area contributed by atoms with Gasteiger partial charge in [0.1, 0.15) is 5.69 Å². The van der Waals surface area contributed by atoms with E-state index < -0.39 is 0 Å². The third-order valence-electron chi connectivity index (χ3n) is 5.89. The number of anilines is 1. The smallest absolute Gasteiger partial charge is 0.295 e. The number of carbonyl (C=O) groups excluding carboxylic acids is 1. The molecule has 0 fully saturated rings. The average Bonchev–Trinajstić information content (AvgIpc) is 3.07. The third kappa shape index (κ3) is 3.78. The maximum atomic E-state index is 13.5. The lowest BCUT2D eigenvalue weighted by atomic mass is 10.0. The zero-order valence-electron chi connectivity index (χ0n) is 18.6. The number of pyridine rings is 1. The molecule has 5 aromatic rings. The fraction of sp³-hybridized carbons (Fsp3) is 0.0741. The lowest BCUT2D eigenvalue weighted by Crippen LogP contribution is -2.23. The largest absolute Gasteiger partial charge is 0.316 e. The summed E-state index contributed by atoms with van der Waals surface area (Å²) in [5.74, 6) is -0.375. The number of hydrogen-bond donors (Lipinski definition) is 1. The Kier molecular flexibility index (Phi) is 5.51. The first kappa shape index (κ1) is 21.7. The molecule has 0 bridgehead atoms. The number of halogens is 1. The molecule has 0 unspecified atom stereocenters. The van der Waals surface area contributed by atoms with Gasteiger partial charge in [-0.05, 0) is 43.3 Å². The van der Waals surface area contributed by atoms with E-state index in [-0.39, 0.29) is 17.2 Å². The molecule has 5 rings (SSSR count). The number of nitrogens with zero attached hydrogens (tertiary/aromatic N) is 3. The molecule has 2 heterocycles. The van der Waals surface area contributed by atoms with E-state index in [2.05, 4.69) is 5.32 Å². The monoisotopic (exact) mass is 468 g/mol. The average molecular weight is 469 g/mol. The van der Waals surface area contributed by atoms with Crippen LogP contribution in [0, 0.1) is 6.92 Å².